The van der Waals surface area contributed by atoms with Gasteiger partial charge in [-0.05, 0) is 24.3 Å². The zero-order chi connectivity index (χ0) is 14.5. The Balaban J connectivity index is 1.64. The van der Waals surface area contributed by atoms with E-state index in [0.29, 0.717) is 11.4 Å². The topological polar surface area (TPSA) is 78.1 Å². The molecular weight excluding hydrogens is 270 g/mol. The Morgan fingerprint density at radius 3 is 2.76 bits per heavy atom. The van der Waals surface area contributed by atoms with Gasteiger partial charge in [-0.3, -0.25) is 4.98 Å². The molecule has 0 bridgehead atoms. The number of carbonyl (C=O) groups is 1. The van der Waals surface area contributed by atoms with Gasteiger partial charge in [0, 0.05) is 18.0 Å². The predicted molar refractivity (Wildman–Crippen MR) is 73.1 cm³/mol. The average molecular weight is 281 g/mol. The number of carbonyl (C=O) groups excluding carboxylic acids is 1. The van der Waals surface area contributed by atoms with Crippen LogP contribution >= 0.6 is 0 Å². The lowest BCUT2D eigenvalue weighted by atomic mass is 10.2. The van der Waals surface area contributed by atoms with Crippen LogP contribution in [0.5, 0.6) is 0 Å². The maximum atomic E-state index is 11.8. The molecule has 2 heterocycles. The van der Waals surface area contributed by atoms with Gasteiger partial charge in [0.25, 0.3) is 5.89 Å². The molecule has 0 radical (unpaired) electrons. The van der Waals surface area contributed by atoms with Gasteiger partial charge in [-0.2, -0.15) is 4.98 Å². The van der Waals surface area contributed by atoms with Crippen LogP contribution in [0.1, 0.15) is 16.2 Å². The van der Waals surface area contributed by atoms with Crippen LogP contribution < -0.4 is 0 Å². The predicted octanol–water partition coefficient (Wildman–Crippen LogP) is 2.49. The van der Waals surface area contributed by atoms with Crippen LogP contribution in [0, 0.1) is 0 Å². The molecule has 0 aliphatic rings. The van der Waals surface area contributed by atoms with Crippen molar-refractivity contribution < 1.29 is 14.1 Å². The summed E-state index contributed by atoms with van der Waals surface area (Å²) in [7, 11) is 0. The third-order valence-electron chi connectivity index (χ3n) is 2.72. The van der Waals surface area contributed by atoms with Gasteiger partial charge >= 0.3 is 5.97 Å². The minimum Gasteiger partial charge on any atom is -0.452 e. The first-order valence-corrected chi connectivity index (χ1v) is 6.28. The van der Waals surface area contributed by atoms with Crippen molar-refractivity contribution in [3.63, 3.8) is 0 Å². The Bertz CT molecular complexity index is 726. The van der Waals surface area contributed by atoms with Gasteiger partial charge in [0.1, 0.15) is 0 Å². The second-order valence-corrected chi connectivity index (χ2v) is 4.20. The molecule has 0 N–H and O–H groups in total. The lowest BCUT2D eigenvalue weighted by Gasteiger charge is -2.00. The fourth-order valence-electron chi connectivity index (χ4n) is 1.71. The summed E-state index contributed by atoms with van der Waals surface area (Å²) in [5.41, 5.74) is 1.21. The highest BCUT2D eigenvalue weighted by Crippen LogP contribution is 2.14. The highest BCUT2D eigenvalue weighted by molar-refractivity contribution is 5.89. The maximum absolute atomic E-state index is 11.8. The maximum Gasteiger partial charge on any atom is 0.338 e. The summed E-state index contributed by atoms with van der Waals surface area (Å²) in [6.45, 7) is -0.0685. The van der Waals surface area contributed by atoms with Crippen LogP contribution in [-0.2, 0) is 11.3 Å². The van der Waals surface area contributed by atoms with Gasteiger partial charge < -0.3 is 9.26 Å². The SMILES string of the molecule is O=C(OCc1nc(-c2cccnc2)no1)c1ccccc1. The zero-order valence-electron chi connectivity index (χ0n) is 11.0. The molecule has 104 valence electrons. The summed E-state index contributed by atoms with van der Waals surface area (Å²) in [6, 6.07) is 12.3. The van der Waals surface area contributed by atoms with E-state index in [1.54, 1.807) is 42.7 Å². The largest absolute Gasteiger partial charge is 0.452 e. The second-order valence-electron chi connectivity index (χ2n) is 4.20. The number of hydrogen-bond acceptors (Lipinski definition) is 6. The molecule has 0 saturated carbocycles. The summed E-state index contributed by atoms with van der Waals surface area (Å²) in [5, 5.41) is 3.82. The number of aromatic nitrogens is 3. The number of benzene rings is 1. The second kappa shape index (κ2) is 5.96. The fraction of sp³-hybridized carbons (Fsp3) is 0.0667. The van der Waals surface area contributed by atoms with E-state index < -0.39 is 5.97 Å². The first-order chi connectivity index (χ1) is 10.3. The minimum atomic E-state index is -0.434. The molecule has 0 aliphatic carbocycles. The highest BCUT2D eigenvalue weighted by atomic mass is 16.6. The summed E-state index contributed by atoms with van der Waals surface area (Å²) < 4.78 is 10.2. The van der Waals surface area contributed by atoms with Crippen molar-refractivity contribution in [3.05, 3.63) is 66.3 Å². The summed E-state index contributed by atoms with van der Waals surface area (Å²) in [4.78, 5) is 19.9. The normalized spacial score (nSPS) is 10.3. The number of pyridine rings is 1. The van der Waals surface area contributed by atoms with E-state index in [-0.39, 0.29) is 12.5 Å². The van der Waals surface area contributed by atoms with Gasteiger partial charge in [0.2, 0.25) is 5.82 Å². The fourth-order valence-corrected chi connectivity index (χ4v) is 1.71. The molecule has 21 heavy (non-hydrogen) atoms. The Labute approximate surface area is 120 Å². The van der Waals surface area contributed by atoms with Gasteiger partial charge in [-0.1, -0.05) is 23.4 Å². The zero-order valence-corrected chi connectivity index (χ0v) is 11.0. The number of esters is 1. The standard InChI is InChI=1S/C15H11N3O3/c19-15(11-5-2-1-3-6-11)20-10-13-17-14(18-21-13)12-7-4-8-16-9-12/h1-9H,10H2. The first kappa shape index (κ1) is 13.0. The van der Waals surface area contributed by atoms with E-state index in [2.05, 4.69) is 15.1 Å². The van der Waals surface area contributed by atoms with Crippen molar-refractivity contribution in [2.24, 2.45) is 0 Å². The number of rotatable bonds is 4. The molecule has 0 spiro atoms. The van der Waals surface area contributed by atoms with E-state index in [1.807, 2.05) is 12.1 Å². The quantitative estimate of drug-likeness (QED) is 0.684. The molecule has 6 heteroatoms. The Hall–Kier alpha value is -3.02. The lowest BCUT2D eigenvalue weighted by Crippen LogP contribution is -2.05. The van der Waals surface area contributed by atoms with E-state index in [9.17, 15) is 4.79 Å². The van der Waals surface area contributed by atoms with Crippen molar-refractivity contribution in [3.8, 4) is 11.4 Å². The van der Waals surface area contributed by atoms with E-state index in [4.69, 9.17) is 9.26 Å². The molecule has 0 saturated heterocycles. The molecule has 0 aliphatic heterocycles. The summed E-state index contributed by atoms with van der Waals surface area (Å²) in [6.07, 6.45) is 3.29. The molecular formula is C15H11N3O3. The minimum absolute atomic E-state index is 0.0685. The van der Waals surface area contributed by atoms with E-state index in [0.717, 1.165) is 5.56 Å². The lowest BCUT2D eigenvalue weighted by molar-refractivity contribution is 0.0430. The molecule has 3 rings (SSSR count). The third-order valence-corrected chi connectivity index (χ3v) is 2.72. The van der Waals surface area contributed by atoms with Crippen molar-refractivity contribution >= 4 is 5.97 Å². The molecule has 2 aromatic heterocycles. The summed E-state index contributed by atoms with van der Waals surface area (Å²) in [5.74, 6) is 0.212. The summed E-state index contributed by atoms with van der Waals surface area (Å²) >= 11 is 0. The van der Waals surface area contributed by atoms with Gasteiger partial charge in [0.05, 0.1) is 5.56 Å². The molecule has 0 atom stereocenters. The molecule has 3 aromatic rings. The molecule has 0 unspecified atom stereocenters. The van der Waals surface area contributed by atoms with Crippen LogP contribution in [0.25, 0.3) is 11.4 Å². The van der Waals surface area contributed by atoms with Crippen molar-refractivity contribution in [1.29, 1.82) is 0 Å². The van der Waals surface area contributed by atoms with E-state index in [1.165, 1.54) is 0 Å². The Kier molecular flexibility index (Phi) is 3.68. The van der Waals surface area contributed by atoms with Gasteiger partial charge in [-0.15, -0.1) is 0 Å². The molecule has 0 amide bonds. The number of nitrogens with zero attached hydrogens (tertiary/aromatic N) is 3. The molecule has 1 aromatic carbocycles. The van der Waals surface area contributed by atoms with Crippen LogP contribution in [0.15, 0.2) is 59.4 Å². The van der Waals surface area contributed by atoms with E-state index >= 15 is 0 Å². The van der Waals surface area contributed by atoms with Crippen molar-refractivity contribution in [2.75, 3.05) is 0 Å². The monoisotopic (exact) mass is 281 g/mol. The van der Waals surface area contributed by atoms with Gasteiger partial charge in [-0.25, -0.2) is 4.79 Å². The van der Waals surface area contributed by atoms with Crippen LogP contribution in [-0.4, -0.2) is 21.1 Å². The highest BCUT2D eigenvalue weighted by Gasteiger charge is 2.12. The van der Waals surface area contributed by atoms with Crippen molar-refractivity contribution in [2.45, 2.75) is 6.61 Å². The van der Waals surface area contributed by atoms with Crippen molar-refractivity contribution in [1.82, 2.24) is 15.1 Å². The molecule has 6 nitrogen and oxygen atoms in total. The number of hydrogen-bond donors (Lipinski definition) is 0. The van der Waals surface area contributed by atoms with Crippen LogP contribution in [0.2, 0.25) is 0 Å². The molecule has 0 fully saturated rings. The Morgan fingerprint density at radius 1 is 1.14 bits per heavy atom. The smallest absolute Gasteiger partial charge is 0.338 e. The van der Waals surface area contributed by atoms with Crippen LogP contribution in [0.4, 0.5) is 0 Å². The Morgan fingerprint density at radius 2 is 2.00 bits per heavy atom. The third kappa shape index (κ3) is 3.11. The van der Waals surface area contributed by atoms with Gasteiger partial charge in [0.15, 0.2) is 6.61 Å². The van der Waals surface area contributed by atoms with Crippen LogP contribution in [0.3, 0.4) is 0 Å². The average Bonchev–Trinajstić information content (AvgIpc) is 3.03. The first-order valence-electron chi connectivity index (χ1n) is 6.28. The number of ether oxygens (including phenoxy) is 1.